The minimum Gasteiger partial charge on any atom is -0.399 e. The molecule has 0 aliphatic carbocycles. The standard InChI is InChI=1S/C14H19BN2O3/c1-13(2)14(3,4)20-15(19-13)11-8-17-6-5-16-12(17)7-10(11)9-18/h5-8,18H,9H2,1-4H3. The molecule has 0 aromatic carbocycles. The van der Waals surface area contributed by atoms with E-state index >= 15 is 0 Å². The Labute approximate surface area is 118 Å². The normalized spacial score (nSPS) is 20.8. The summed E-state index contributed by atoms with van der Waals surface area (Å²) in [6.45, 7) is 7.99. The Hall–Kier alpha value is -1.37. The zero-order valence-electron chi connectivity index (χ0n) is 12.3. The molecule has 0 bridgehead atoms. The van der Waals surface area contributed by atoms with Crippen molar-refractivity contribution in [2.24, 2.45) is 0 Å². The predicted octanol–water partition coefficient (Wildman–Crippen LogP) is 1.13. The maximum Gasteiger partial charge on any atom is 0.496 e. The van der Waals surface area contributed by atoms with Crippen LogP contribution in [0.2, 0.25) is 0 Å². The van der Waals surface area contributed by atoms with Gasteiger partial charge in [0.2, 0.25) is 0 Å². The van der Waals surface area contributed by atoms with Crippen molar-refractivity contribution < 1.29 is 14.4 Å². The van der Waals surface area contributed by atoms with Crippen molar-refractivity contribution in [1.29, 1.82) is 0 Å². The van der Waals surface area contributed by atoms with E-state index in [1.54, 1.807) is 6.20 Å². The van der Waals surface area contributed by atoms with E-state index in [1.807, 2.05) is 50.6 Å². The molecule has 2 aromatic rings. The number of nitrogens with zero attached hydrogens (tertiary/aromatic N) is 2. The molecule has 0 saturated carbocycles. The third-order valence-corrected chi connectivity index (χ3v) is 4.33. The molecule has 5 nitrogen and oxygen atoms in total. The number of aliphatic hydroxyl groups is 1. The Balaban J connectivity index is 2.06. The van der Waals surface area contributed by atoms with E-state index in [9.17, 15) is 5.11 Å². The Morgan fingerprint density at radius 1 is 1.25 bits per heavy atom. The second-order valence-electron chi connectivity index (χ2n) is 6.19. The second kappa shape index (κ2) is 4.31. The van der Waals surface area contributed by atoms with Gasteiger partial charge in [-0.2, -0.15) is 0 Å². The highest BCUT2D eigenvalue weighted by atomic mass is 16.7. The quantitative estimate of drug-likeness (QED) is 0.834. The molecule has 3 rings (SSSR count). The summed E-state index contributed by atoms with van der Waals surface area (Å²) in [6, 6.07) is 1.86. The first-order valence-corrected chi connectivity index (χ1v) is 6.76. The lowest BCUT2D eigenvalue weighted by atomic mass is 9.77. The number of imidazole rings is 1. The number of hydrogen-bond donors (Lipinski definition) is 1. The number of aliphatic hydroxyl groups excluding tert-OH is 1. The fraction of sp³-hybridized carbons (Fsp3) is 0.500. The van der Waals surface area contributed by atoms with Gasteiger partial charge in [0.05, 0.1) is 17.8 Å². The molecule has 0 radical (unpaired) electrons. The van der Waals surface area contributed by atoms with Crippen molar-refractivity contribution in [1.82, 2.24) is 9.38 Å². The van der Waals surface area contributed by atoms with Crippen molar-refractivity contribution >= 4 is 18.2 Å². The number of aromatic nitrogens is 2. The molecule has 0 unspecified atom stereocenters. The molecule has 1 fully saturated rings. The number of pyridine rings is 1. The van der Waals surface area contributed by atoms with Crippen molar-refractivity contribution in [2.45, 2.75) is 45.5 Å². The zero-order valence-corrected chi connectivity index (χ0v) is 12.3. The van der Waals surface area contributed by atoms with Crippen molar-refractivity contribution in [2.75, 3.05) is 0 Å². The van der Waals surface area contributed by atoms with E-state index in [2.05, 4.69) is 4.98 Å². The first-order valence-electron chi connectivity index (χ1n) is 6.76. The number of rotatable bonds is 2. The number of fused-ring (bicyclic) bond motifs is 1. The summed E-state index contributed by atoms with van der Waals surface area (Å²) in [6.07, 6.45) is 5.51. The fourth-order valence-corrected chi connectivity index (χ4v) is 2.34. The van der Waals surface area contributed by atoms with Crippen molar-refractivity contribution in [3.05, 3.63) is 30.2 Å². The molecule has 3 heterocycles. The first-order chi connectivity index (χ1) is 9.34. The maximum atomic E-state index is 9.59. The van der Waals surface area contributed by atoms with Gasteiger partial charge in [-0.05, 0) is 39.3 Å². The van der Waals surface area contributed by atoms with Gasteiger partial charge in [-0.15, -0.1) is 0 Å². The molecule has 1 aliphatic rings. The molecule has 0 atom stereocenters. The van der Waals surface area contributed by atoms with Gasteiger partial charge in [-0.1, -0.05) is 0 Å². The molecule has 1 aliphatic heterocycles. The van der Waals surface area contributed by atoms with Crippen LogP contribution in [0, 0.1) is 0 Å². The monoisotopic (exact) mass is 274 g/mol. The molecule has 6 heteroatoms. The van der Waals surface area contributed by atoms with E-state index in [0.717, 1.165) is 16.7 Å². The van der Waals surface area contributed by atoms with Crippen LogP contribution in [0.4, 0.5) is 0 Å². The van der Waals surface area contributed by atoms with Crippen LogP contribution >= 0.6 is 0 Å². The van der Waals surface area contributed by atoms with Gasteiger partial charge in [-0.3, -0.25) is 0 Å². The Morgan fingerprint density at radius 2 is 1.90 bits per heavy atom. The maximum absolute atomic E-state index is 9.59. The van der Waals surface area contributed by atoms with Crippen LogP contribution < -0.4 is 5.46 Å². The minimum atomic E-state index is -0.478. The third kappa shape index (κ3) is 1.95. The van der Waals surface area contributed by atoms with Crippen LogP contribution in [-0.2, 0) is 15.9 Å². The average Bonchev–Trinajstić information content (AvgIpc) is 2.89. The van der Waals surface area contributed by atoms with Gasteiger partial charge >= 0.3 is 7.12 Å². The molecule has 20 heavy (non-hydrogen) atoms. The van der Waals surface area contributed by atoms with E-state index < -0.39 is 18.3 Å². The summed E-state index contributed by atoms with van der Waals surface area (Å²) in [5.74, 6) is 0. The van der Waals surface area contributed by atoms with E-state index in [4.69, 9.17) is 9.31 Å². The Bertz CT molecular complexity index is 635. The molecule has 1 N–H and O–H groups in total. The molecule has 1 saturated heterocycles. The molecule has 0 amide bonds. The largest absolute Gasteiger partial charge is 0.496 e. The van der Waals surface area contributed by atoms with Crippen LogP contribution in [0.25, 0.3) is 5.65 Å². The van der Waals surface area contributed by atoms with Gasteiger partial charge in [0.15, 0.2) is 0 Å². The fourth-order valence-electron chi connectivity index (χ4n) is 2.34. The van der Waals surface area contributed by atoms with Crippen LogP contribution in [0.1, 0.15) is 33.3 Å². The van der Waals surface area contributed by atoms with Crippen LogP contribution in [0.5, 0.6) is 0 Å². The highest BCUT2D eigenvalue weighted by molar-refractivity contribution is 6.62. The summed E-state index contributed by atoms with van der Waals surface area (Å²) in [7, 11) is -0.478. The second-order valence-corrected chi connectivity index (χ2v) is 6.19. The summed E-state index contributed by atoms with van der Waals surface area (Å²) in [4.78, 5) is 4.22. The molecule has 2 aromatic heterocycles. The number of hydrogen-bond acceptors (Lipinski definition) is 4. The highest BCUT2D eigenvalue weighted by Crippen LogP contribution is 2.36. The molecule has 0 spiro atoms. The summed E-state index contributed by atoms with van der Waals surface area (Å²) in [5, 5.41) is 9.59. The summed E-state index contributed by atoms with van der Waals surface area (Å²) >= 11 is 0. The van der Waals surface area contributed by atoms with Crippen LogP contribution in [0.3, 0.4) is 0 Å². The van der Waals surface area contributed by atoms with Crippen LogP contribution in [0.15, 0.2) is 24.7 Å². The molecular weight excluding hydrogens is 255 g/mol. The third-order valence-electron chi connectivity index (χ3n) is 4.33. The Morgan fingerprint density at radius 3 is 2.50 bits per heavy atom. The van der Waals surface area contributed by atoms with E-state index in [-0.39, 0.29) is 6.61 Å². The van der Waals surface area contributed by atoms with Gasteiger partial charge in [0.1, 0.15) is 5.65 Å². The highest BCUT2D eigenvalue weighted by Gasteiger charge is 2.52. The average molecular weight is 274 g/mol. The zero-order chi connectivity index (χ0) is 14.5. The van der Waals surface area contributed by atoms with E-state index in [1.165, 1.54) is 0 Å². The Kier molecular flexibility index (Phi) is 2.94. The minimum absolute atomic E-state index is 0.0667. The topological polar surface area (TPSA) is 56.0 Å². The van der Waals surface area contributed by atoms with Gasteiger partial charge in [0, 0.05) is 24.1 Å². The smallest absolute Gasteiger partial charge is 0.399 e. The van der Waals surface area contributed by atoms with Crippen molar-refractivity contribution in [3.63, 3.8) is 0 Å². The summed E-state index contributed by atoms with van der Waals surface area (Å²) in [5.41, 5.74) is 1.64. The molecular formula is C14H19BN2O3. The van der Waals surface area contributed by atoms with Crippen molar-refractivity contribution in [3.8, 4) is 0 Å². The van der Waals surface area contributed by atoms with Crippen LogP contribution in [-0.4, -0.2) is 32.8 Å². The first kappa shape index (κ1) is 13.6. The SMILES string of the molecule is CC1(C)OB(c2cn3ccnc3cc2CO)OC1(C)C. The lowest BCUT2D eigenvalue weighted by Crippen LogP contribution is -2.41. The van der Waals surface area contributed by atoms with Gasteiger partial charge < -0.3 is 18.8 Å². The van der Waals surface area contributed by atoms with E-state index in [0.29, 0.717) is 0 Å². The van der Waals surface area contributed by atoms with Gasteiger partial charge in [-0.25, -0.2) is 4.98 Å². The lowest BCUT2D eigenvalue weighted by molar-refractivity contribution is 0.00578. The predicted molar refractivity (Wildman–Crippen MR) is 76.8 cm³/mol. The van der Waals surface area contributed by atoms with Gasteiger partial charge in [0.25, 0.3) is 0 Å². The lowest BCUT2D eigenvalue weighted by Gasteiger charge is -2.32. The summed E-state index contributed by atoms with van der Waals surface area (Å²) < 4.78 is 14.0. The molecule has 106 valence electrons.